The average molecular weight is 261 g/mol. The molecule has 0 aromatic heterocycles. The van der Waals surface area contributed by atoms with Gasteiger partial charge >= 0.3 is 5.97 Å². The zero-order chi connectivity index (χ0) is 13.8. The molecule has 0 heterocycles. The van der Waals surface area contributed by atoms with Crippen LogP contribution in [0.1, 0.15) is 30.9 Å². The van der Waals surface area contributed by atoms with Gasteiger partial charge in [-0.1, -0.05) is 6.07 Å². The predicted molar refractivity (Wildman–Crippen MR) is 70.6 cm³/mol. The van der Waals surface area contributed by atoms with Gasteiger partial charge in [0.15, 0.2) is 0 Å². The van der Waals surface area contributed by atoms with Gasteiger partial charge in [0.05, 0.1) is 11.5 Å². The van der Waals surface area contributed by atoms with Crippen LogP contribution in [-0.4, -0.2) is 17.5 Å². The van der Waals surface area contributed by atoms with E-state index in [0.717, 1.165) is 36.0 Å². The zero-order valence-corrected chi connectivity index (χ0v) is 10.7. The Balaban J connectivity index is 2.39. The van der Waals surface area contributed by atoms with Crippen molar-refractivity contribution in [2.24, 2.45) is 0 Å². The van der Waals surface area contributed by atoms with Gasteiger partial charge in [0.1, 0.15) is 0 Å². The molecule has 1 aromatic rings. The number of rotatable bonds is 3. The van der Waals surface area contributed by atoms with Crippen LogP contribution < -0.4 is 0 Å². The van der Waals surface area contributed by atoms with Crippen molar-refractivity contribution in [3.05, 3.63) is 45.5 Å². The highest BCUT2D eigenvalue weighted by atomic mass is 16.6. The molecule has 0 unspecified atom stereocenters. The minimum absolute atomic E-state index is 0.0513. The number of ether oxygens (including phenoxy) is 1. The molecule has 19 heavy (non-hydrogen) atoms. The minimum Gasteiger partial charge on any atom is -0.463 e. The van der Waals surface area contributed by atoms with E-state index in [1.165, 1.54) is 12.1 Å². The third-order valence-electron chi connectivity index (χ3n) is 3.12. The van der Waals surface area contributed by atoms with E-state index >= 15 is 0 Å². The molecule has 0 amide bonds. The van der Waals surface area contributed by atoms with Crippen molar-refractivity contribution in [1.82, 2.24) is 0 Å². The van der Waals surface area contributed by atoms with Crippen LogP contribution >= 0.6 is 0 Å². The first-order chi connectivity index (χ1) is 9.11. The number of hydrogen-bond acceptors (Lipinski definition) is 4. The van der Waals surface area contributed by atoms with Crippen molar-refractivity contribution in [2.75, 3.05) is 6.61 Å². The number of aryl methyl sites for hydroxylation is 1. The molecule has 100 valence electrons. The summed E-state index contributed by atoms with van der Waals surface area (Å²) in [4.78, 5) is 21.9. The quantitative estimate of drug-likeness (QED) is 0.363. The van der Waals surface area contributed by atoms with Crippen molar-refractivity contribution in [1.29, 1.82) is 0 Å². The number of esters is 1. The van der Waals surface area contributed by atoms with Crippen LogP contribution in [0.15, 0.2) is 24.3 Å². The molecule has 0 saturated heterocycles. The summed E-state index contributed by atoms with van der Waals surface area (Å²) in [7, 11) is 0. The van der Waals surface area contributed by atoms with E-state index in [2.05, 4.69) is 0 Å². The molecular formula is C14H15NO4. The van der Waals surface area contributed by atoms with E-state index in [-0.39, 0.29) is 5.69 Å². The van der Waals surface area contributed by atoms with Crippen LogP contribution in [0.4, 0.5) is 5.69 Å². The molecule has 5 nitrogen and oxygen atoms in total. The first-order valence-electron chi connectivity index (χ1n) is 6.27. The standard InChI is InChI=1S/C14H15NO4/c1-2-19-14(16)8-11-5-3-4-10-6-7-12(15(17)18)9-13(10)11/h6-9H,2-5H2,1H3. The Morgan fingerprint density at radius 2 is 2.26 bits per heavy atom. The summed E-state index contributed by atoms with van der Waals surface area (Å²) in [5.41, 5.74) is 2.72. The maximum atomic E-state index is 11.5. The normalized spacial score (nSPS) is 15.9. The summed E-state index contributed by atoms with van der Waals surface area (Å²) < 4.78 is 4.89. The predicted octanol–water partition coefficient (Wildman–Crippen LogP) is 2.88. The summed E-state index contributed by atoms with van der Waals surface area (Å²) >= 11 is 0. The van der Waals surface area contributed by atoms with Gasteiger partial charge in [0, 0.05) is 18.2 Å². The van der Waals surface area contributed by atoms with Gasteiger partial charge in [-0.25, -0.2) is 4.79 Å². The summed E-state index contributed by atoms with van der Waals surface area (Å²) in [6.07, 6.45) is 4.02. The molecule has 0 atom stereocenters. The van der Waals surface area contributed by atoms with Gasteiger partial charge in [-0.2, -0.15) is 0 Å². The Bertz CT molecular complexity index is 548. The number of fused-ring (bicyclic) bond motifs is 1. The van der Waals surface area contributed by atoms with Crippen molar-refractivity contribution in [3.8, 4) is 0 Å². The largest absolute Gasteiger partial charge is 0.463 e. The molecule has 0 radical (unpaired) electrons. The lowest BCUT2D eigenvalue weighted by Gasteiger charge is -2.18. The van der Waals surface area contributed by atoms with Crippen molar-refractivity contribution in [2.45, 2.75) is 26.2 Å². The number of benzene rings is 1. The van der Waals surface area contributed by atoms with Crippen LogP contribution in [0.25, 0.3) is 5.57 Å². The molecule has 0 fully saturated rings. The van der Waals surface area contributed by atoms with E-state index in [9.17, 15) is 14.9 Å². The van der Waals surface area contributed by atoms with Crippen molar-refractivity contribution in [3.63, 3.8) is 0 Å². The summed E-state index contributed by atoms with van der Waals surface area (Å²) in [5, 5.41) is 10.8. The van der Waals surface area contributed by atoms with Crippen molar-refractivity contribution < 1.29 is 14.5 Å². The maximum absolute atomic E-state index is 11.5. The first-order valence-corrected chi connectivity index (χ1v) is 6.27. The Kier molecular flexibility index (Phi) is 3.94. The van der Waals surface area contributed by atoms with E-state index in [1.54, 1.807) is 19.1 Å². The topological polar surface area (TPSA) is 69.4 Å². The Morgan fingerprint density at radius 3 is 2.95 bits per heavy atom. The van der Waals surface area contributed by atoms with E-state index in [4.69, 9.17) is 4.74 Å². The number of hydrogen-bond donors (Lipinski definition) is 0. The lowest BCUT2D eigenvalue weighted by Crippen LogP contribution is -2.06. The van der Waals surface area contributed by atoms with Crippen LogP contribution in [0.2, 0.25) is 0 Å². The lowest BCUT2D eigenvalue weighted by atomic mass is 9.87. The van der Waals surface area contributed by atoms with E-state index < -0.39 is 10.9 Å². The number of nitro groups is 1. The second kappa shape index (κ2) is 5.65. The monoisotopic (exact) mass is 261 g/mol. The molecular weight excluding hydrogens is 246 g/mol. The van der Waals surface area contributed by atoms with Gasteiger partial charge in [0.2, 0.25) is 0 Å². The molecule has 1 aliphatic carbocycles. The Morgan fingerprint density at radius 1 is 1.47 bits per heavy atom. The van der Waals surface area contributed by atoms with Gasteiger partial charge in [0.25, 0.3) is 5.69 Å². The highest BCUT2D eigenvalue weighted by Gasteiger charge is 2.18. The van der Waals surface area contributed by atoms with E-state index in [0.29, 0.717) is 6.61 Å². The molecule has 1 aromatic carbocycles. The van der Waals surface area contributed by atoms with Crippen LogP contribution in [0.3, 0.4) is 0 Å². The Hall–Kier alpha value is -2.17. The number of allylic oxidation sites excluding steroid dienone is 1. The fourth-order valence-electron chi connectivity index (χ4n) is 2.27. The number of nitro benzene ring substituents is 1. The lowest BCUT2D eigenvalue weighted by molar-refractivity contribution is -0.384. The highest BCUT2D eigenvalue weighted by Crippen LogP contribution is 2.33. The Labute approximate surface area is 111 Å². The second-order valence-electron chi connectivity index (χ2n) is 4.37. The minimum atomic E-state index is -0.420. The van der Waals surface area contributed by atoms with Crippen LogP contribution in [0.5, 0.6) is 0 Å². The molecule has 2 rings (SSSR count). The fraction of sp³-hybridized carbons (Fsp3) is 0.357. The molecule has 0 spiro atoms. The summed E-state index contributed by atoms with van der Waals surface area (Å²) in [6, 6.07) is 4.82. The molecule has 5 heteroatoms. The second-order valence-corrected chi connectivity index (χ2v) is 4.37. The molecule has 0 aliphatic heterocycles. The van der Waals surface area contributed by atoms with Gasteiger partial charge in [-0.15, -0.1) is 0 Å². The average Bonchev–Trinajstić information content (AvgIpc) is 2.38. The van der Waals surface area contributed by atoms with E-state index in [1.807, 2.05) is 0 Å². The number of nitrogens with zero attached hydrogens (tertiary/aromatic N) is 1. The molecule has 0 saturated carbocycles. The molecule has 0 bridgehead atoms. The van der Waals surface area contributed by atoms with Crippen LogP contribution in [-0.2, 0) is 16.0 Å². The van der Waals surface area contributed by atoms with Gasteiger partial charge in [-0.05, 0) is 42.9 Å². The SMILES string of the molecule is CCOC(=O)C=C1CCCc2ccc([N+](=O)[O-])cc21. The van der Waals surface area contributed by atoms with Gasteiger partial charge in [-0.3, -0.25) is 10.1 Å². The highest BCUT2D eigenvalue weighted by molar-refractivity contribution is 5.92. The first kappa shape index (κ1) is 13.3. The zero-order valence-electron chi connectivity index (χ0n) is 10.7. The van der Waals surface area contributed by atoms with Gasteiger partial charge < -0.3 is 4.74 Å². The number of carbonyl (C=O) groups is 1. The third kappa shape index (κ3) is 2.99. The number of non-ortho nitro benzene ring substituents is 1. The maximum Gasteiger partial charge on any atom is 0.331 e. The summed E-state index contributed by atoms with van der Waals surface area (Å²) in [6.45, 7) is 2.07. The summed E-state index contributed by atoms with van der Waals surface area (Å²) in [5.74, 6) is -0.392. The van der Waals surface area contributed by atoms with Crippen LogP contribution in [0, 0.1) is 10.1 Å². The third-order valence-corrected chi connectivity index (χ3v) is 3.12. The molecule has 0 N–H and O–H groups in total. The van der Waals surface area contributed by atoms with Crippen molar-refractivity contribution >= 4 is 17.2 Å². The fourth-order valence-corrected chi connectivity index (χ4v) is 2.27. The molecule has 1 aliphatic rings. The number of carbonyl (C=O) groups excluding carboxylic acids is 1. The smallest absolute Gasteiger partial charge is 0.331 e.